The van der Waals surface area contributed by atoms with Crippen molar-refractivity contribution in [2.75, 3.05) is 46.0 Å². The molecule has 32 heavy (non-hydrogen) atoms. The van der Waals surface area contributed by atoms with Gasteiger partial charge in [-0.1, -0.05) is 18.2 Å². The van der Waals surface area contributed by atoms with Gasteiger partial charge in [0.15, 0.2) is 0 Å². The van der Waals surface area contributed by atoms with Crippen LogP contribution in [-0.2, 0) is 24.9 Å². The number of hydrogen-bond donors (Lipinski definition) is 1. The SMILES string of the molecule is CN1CCN(Cc2cc(/C=C/C(=O)N(C)Cc3cc4ccccc4n3C)cnc2N)CC1. The van der Waals surface area contributed by atoms with Crippen LogP contribution in [0.1, 0.15) is 16.8 Å². The zero-order chi connectivity index (χ0) is 22.7. The molecule has 0 aliphatic carbocycles. The van der Waals surface area contributed by atoms with Gasteiger partial charge in [0.1, 0.15) is 5.82 Å². The minimum absolute atomic E-state index is 0.0484. The Kier molecular flexibility index (Phi) is 6.58. The number of likely N-dealkylation sites (N-methyl/N-ethyl adjacent to an activating group) is 2. The van der Waals surface area contributed by atoms with Crippen molar-refractivity contribution in [2.24, 2.45) is 7.05 Å². The molecule has 0 unspecified atom stereocenters. The lowest BCUT2D eigenvalue weighted by molar-refractivity contribution is -0.125. The van der Waals surface area contributed by atoms with Crippen molar-refractivity contribution in [3.8, 4) is 0 Å². The van der Waals surface area contributed by atoms with E-state index in [9.17, 15) is 4.79 Å². The van der Waals surface area contributed by atoms with E-state index in [4.69, 9.17) is 5.73 Å². The smallest absolute Gasteiger partial charge is 0.246 e. The highest BCUT2D eigenvalue weighted by Gasteiger charge is 2.16. The van der Waals surface area contributed by atoms with Crippen molar-refractivity contribution in [1.29, 1.82) is 0 Å². The van der Waals surface area contributed by atoms with Gasteiger partial charge in [0.05, 0.1) is 6.54 Å². The Labute approximate surface area is 189 Å². The van der Waals surface area contributed by atoms with Crippen molar-refractivity contribution < 1.29 is 4.79 Å². The fourth-order valence-corrected chi connectivity index (χ4v) is 4.12. The van der Waals surface area contributed by atoms with Crippen LogP contribution in [0.4, 0.5) is 5.82 Å². The lowest BCUT2D eigenvalue weighted by atomic mass is 10.1. The van der Waals surface area contributed by atoms with Crippen LogP contribution in [0, 0.1) is 0 Å². The van der Waals surface area contributed by atoms with Gasteiger partial charge in [-0.25, -0.2) is 4.98 Å². The van der Waals surface area contributed by atoms with Crippen LogP contribution in [0.2, 0.25) is 0 Å². The minimum atomic E-state index is -0.0484. The zero-order valence-corrected chi connectivity index (χ0v) is 19.2. The Morgan fingerprint density at radius 2 is 1.91 bits per heavy atom. The summed E-state index contributed by atoms with van der Waals surface area (Å²) in [5.74, 6) is 0.507. The maximum Gasteiger partial charge on any atom is 0.246 e. The molecule has 3 heterocycles. The molecule has 2 N–H and O–H groups in total. The maximum atomic E-state index is 12.7. The second kappa shape index (κ2) is 9.54. The van der Waals surface area contributed by atoms with Gasteiger partial charge >= 0.3 is 0 Å². The number of fused-ring (bicyclic) bond motifs is 1. The van der Waals surface area contributed by atoms with E-state index in [2.05, 4.69) is 44.6 Å². The second-order valence-electron chi connectivity index (χ2n) is 8.67. The van der Waals surface area contributed by atoms with Gasteiger partial charge in [0, 0.05) is 75.9 Å². The molecule has 1 aliphatic heterocycles. The standard InChI is InChI=1S/C25H32N6O/c1-28-10-12-31(13-11-28)17-21-14-19(16-27-25(21)26)8-9-24(32)29(2)18-22-15-20-6-4-5-7-23(20)30(22)3/h4-9,14-16H,10-13,17-18H2,1-3H3,(H2,26,27)/b9-8+. The summed E-state index contributed by atoms with van der Waals surface area (Å²) in [5.41, 5.74) is 10.3. The molecule has 0 saturated carbocycles. The number of benzene rings is 1. The molecular formula is C25H32N6O. The van der Waals surface area contributed by atoms with E-state index in [1.165, 1.54) is 10.9 Å². The molecular weight excluding hydrogens is 400 g/mol. The van der Waals surface area contributed by atoms with E-state index in [-0.39, 0.29) is 5.91 Å². The zero-order valence-electron chi connectivity index (χ0n) is 19.2. The van der Waals surface area contributed by atoms with Crippen LogP contribution >= 0.6 is 0 Å². The van der Waals surface area contributed by atoms with Gasteiger partial charge in [0.25, 0.3) is 0 Å². The first-order chi connectivity index (χ1) is 15.4. The van der Waals surface area contributed by atoms with Crippen LogP contribution in [0.15, 0.2) is 48.7 Å². The van der Waals surface area contributed by atoms with Crippen LogP contribution in [0.25, 0.3) is 17.0 Å². The number of hydrogen-bond acceptors (Lipinski definition) is 5. The first-order valence-electron chi connectivity index (χ1n) is 11.0. The molecule has 1 aliphatic rings. The number of aromatic nitrogens is 2. The van der Waals surface area contributed by atoms with Crippen LogP contribution in [0.5, 0.6) is 0 Å². The Hall–Kier alpha value is -3.16. The number of pyridine rings is 1. The largest absolute Gasteiger partial charge is 0.383 e. The number of carbonyl (C=O) groups excluding carboxylic acids is 1. The molecule has 3 aromatic rings. The summed E-state index contributed by atoms with van der Waals surface area (Å²) in [5, 5.41) is 1.18. The molecule has 0 atom stereocenters. The van der Waals surface area contributed by atoms with E-state index < -0.39 is 0 Å². The molecule has 0 radical (unpaired) electrons. The maximum absolute atomic E-state index is 12.7. The van der Waals surface area contributed by atoms with E-state index >= 15 is 0 Å². The summed E-state index contributed by atoms with van der Waals surface area (Å²) < 4.78 is 2.14. The monoisotopic (exact) mass is 432 g/mol. The van der Waals surface area contributed by atoms with Gasteiger partial charge in [-0.3, -0.25) is 9.69 Å². The first kappa shape index (κ1) is 22.0. The molecule has 168 valence electrons. The van der Waals surface area contributed by atoms with E-state index in [0.717, 1.165) is 49.5 Å². The normalized spacial score (nSPS) is 15.6. The number of nitrogen functional groups attached to an aromatic ring is 1. The summed E-state index contributed by atoms with van der Waals surface area (Å²) in [4.78, 5) is 23.5. The predicted molar refractivity (Wildman–Crippen MR) is 130 cm³/mol. The average molecular weight is 433 g/mol. The Balaban J connectivity index is 1.40. The summed E-state index contributed by atoms with van der Waals surface area (Å²) in [6.45, 7) is 5.49. The third-order valence-electron chi connectivity index (χ3n) is 6.26. The number of carbonyl (C=O) groups is 1. The Morgan fingerprint density at radius 1 is 1.16 bits per heavy atom. The van der Waals surface area contributed by atoms with Crippen LogP contribution < -0.4 is 5.73 Å². The quantitative estimate of drug-likeness (QED) is 0.607. The van der Waals surface area contributed by atoms with Crippen molar-refractivity contribution in [3.63, 3.8) is 0 Å². The van der Waals surface area contributed by atoms with Gasteiger partial charge in [-0.15, -0.1) is 0 Å². The van der Waals surface area contributed by atoms with Gasteiger partial charge < -0.3 is 20.1 Å². The Bertz CT molecular complexity index is 1130. The van der Waals surface area contributed by atoms with E-state index in [1.807, 2.05) is 38.4 Å². The van der Waals surface area contributed by atoms with E-state index in [1.54, 1.807) is 17.2 Å². The molecule has 0 bridgehead atoms. The van der Waals surface area contributed by atoms with Crippen LogP contribution in [-0.4, -0.2) is 70.4 Å². The average Bonchev–Trinajstić information content (AvgIpc) is 3.11. The molecule has 4 rings (SSSR count). The summed E-state index contributed by atoms with van der Waals surface area (Å²) in [6, 6.07) is 12.4. The lowest BCUT2D eigenvalue weighted by Crippen LogP contribution is -2.44. The lowest BCUT2D eigenvalue weighted by Gasteiger charge is -2.32. The highest BCUT2D eigenvalue weighted by molar-refractivity contribution is 5.91. The van der Waals surface area contributed by atoms with E-state index in [0.29, 0.717) is 12.4 Å². The number of aryl methyl sites for hydroxylation is 1. The fraction of sp³-hybridized carbons (Fsp3) is 0.360. The minimum Gasteiger partial charge on any atom is -0.383 e. The topological polar surface area (TPSA) is 70.6 Å². The molecule has 7 heteroatoms. The number of piperazine rings is 1. The molecule has 1 amide bonds. The number of amides is 1. The fourth-order valence-electron chi connectivity index (χ4n) is 4.12. The molecule has 1 fully saturated rings. The van der Waals surface area contributed by atoms with Crippen molar-refractivity contribution in [1.82, 2.24) is 24.3 Å². The van der Waals surface area contributed by atoms with Crippen molar-refractivity contribution in [2.45, 2.75) is 13.1 Å². The second-order valence-corrected chi connectivity index (χ2v) is 8.67. The number of nitrogens with two attached hydrogens (primary N) is 1. The van der Waals surface area contributed by atoms with Gasteiger partial charge in [-0.2, -0.15) is 0 Å². The molecule has 7 nitrogen and oxygen atoms in total. The van der Waals surface area contributed by atoms with Crippen LogP contribution in [0.3, 0.4) is 0 Å². The highest BCUT2D eigenvalue weighted by atomic mass is 16.2. The van der Waals surface area contributed by atoms with Gasteiger partial charge in [-0.05, 0) is 42.3 Å². The third kappa shape index (κ3) is 5.00. The van der Waals surface area contributed by atoms with Crippen molar-refractivity contribution >= 4 is 28.7 Å². The number of rotatable bonds is 6. The molecule has 2 aromatic heterocycles. The van der Waals surface area contributed by atoms with Gasteiger partial charge in [0.2, 0.25) is 5.91 Å². The number of anilines is 1. The third-order valence-corrected chi connectivity index (χ3v) is 6.26. The summed E-state index contributed by atoms with van der Waals surface area (Å²) >= 11 is 0. The first-order valence-corrected chi connectivity index (χ1v) is 11.0. The number of nitrogens with zero attached hydrogens (tertiary/aromatic N) is 5. The summed E-state index contributed by atoms with van der Waals surface area (Å²) in [6.07, 6.45) is 5.15. The highest BCUT2D eigenvalue weighted by Crippen LogP contribution is 2.20. The predicted octanol–water partition coefficient (Wildman–Crippen LogP) is 2.57. The summed E-state index contributed by atoms with van der Waals surface area (Å²) in [7, 11) is 6.00. The molecule has 1 aromatic carbocycles. The number of para-hydroxylation sites is 1. The van der Waals surface area contributed by atoms with Crippen molar-refractivity contribution in [3.05, 3.63) is 65.5 Å². The molecule has 1 saturated heterocycles. The molecule has 0 spiro atoms. The Morgan fingerprint density at radius 3 is 2.66 bits per heavy atom.